The van der Waals surface area contributed by atoms with Crippen molar-refractivity contribution in [3.63, 3.8) is 0 Å². The molecule has 0 amide bonds. The quantitative estimate of drug-likeness (QED) is 0.347. The van der Waals surface area contributed by atoms with Gasteiger partial charge in [0.05, 0.1) is 16.0 Å². The van der Waals surface area contributed by atoms with Gasteiger partial charge in [0, 0.05) is 17.6 Å². The Balaban J connectivity index is 2.03. The Hall–Kier alpha value is -3.80. The maximum absolute atomic E-state index is 11.6. The first-order valence-corrected chi connectivity index (χ1v) is 8.13. The van der Waals surface area contributed by atoms with Gasteiger partial charge in [0.15, 0.2) is 0 Å². The van der Waals surface area contributed by atoms with Crippen molar-refractivity contribution >= 4 is 33.3 Å². The largest absolute Gasteiger partial charge is 0.298 e. The van der Waals surface area contributed by atoms with Crippen LogP contribution in [0.2, 0.25) is 0 Å². The van der Waals surface area contributed by atoms with E-state index in [9.17, 15) is 10.1 Å². The molecule has 3 aromatic heterocycles. The van der Waals surface area contributed by atoms with Crippen LogP contribution < -0.4 is 0 Å². The molecular formula is C20H12N4O2. The van der Waals surface area contributed by atoms with Gasteiger partial charge in [0.25, 0.3) is 5.69 Å². The zero-order valence-electron chi connectivity index (χ0n) is 13.5. The van der Waals surface area contributed by atoms with E-state index in [4.69, 9.17) is 9.97 Å². The van der Waals surface area contributed by atoms with Gasteiger partial charge in [-0.1, -0.05) is 36.4 Å². The average molecular weight is 340 g/mol. The van der Waals surface area contributed by atoms with Crippen molar-refractivity contribution in [3.05, 3.63) is 83.0 Å². The van der Waals surface area contributed by atoms with Crippen molar-refractivity contribution in [1.82, 2.24) is 14.4 Å². The average Bonchev–Trinajstić information content (AvgIpc) is 3.07. The lowest BCUT2D eigenvalue weighted by Crippen LogP contribution is -1.96. The van der Waals surface area contributed by atoms with E-state index in [0.717, 1.165) is 27.6 Å². The third kappa shape index (κ3) is 1.99. The molecule has 0 fully saturated rings. The van der Waals surface area contributed by atoms with Crippen LogP contribution in [0.4, 0.5) is 5.69 Å². The maximum Gasteiger partial charge on any atom is 0.278 e. The normalized spacial score (nSPS) is 11.4. The molecule has 124 valence electrons. The fourth-order valence-corrected chi connectivity index (χ4v) is 3.38. The highest BCUT2D eigenvalue weighted by atomic mass is 16.6. The van der Waals surface area contributed by atoms with Gasteiger partial charge in [-0.05, 0) is 24.3 Å². The van der Waals surface area contributed by atoms with Crippen molar-refractivity contribution < 1.29 is 4.92 Å². The molecule has 0 unspecified atom stereocenters. The van der Waals surface area contributed by atoms with Gasteiger partial charge in [-0.3, -0.25) is 14.5 Å². The number of aromatic nitrogens is 3. The van der Waals surface area contributed by atoms with E-state index < -0.39 is 0 Å². The highest BCUT2D eigenvalue weighted by Crippen LogP contribution is 2.36. The fraction of sp³-hybridized carbons (Fsp3) is 0. The molecule has 6 heteroatoms. The zero-order chi connectivity index (χ0) is 17.7. The van der Waals surface area contributed by atoms with Gasteiger partial charge < -0.3 is 0 Å². The van der Waals surface area contributed by atoms with Crippen molar-refractivity contribution in [2.24, 2.45) is 0 Å². The molecule has 0 aliphatic carbocycles. The molecule has 5 rings (SSSR count). The number of rotatable bonds is 2. The highest BCUT2D eigenvalue weighted by Gasteiger charge is 2.21. The minimum absolute atomic E-state index is 0.0301. The lowest BCUT2D eigenvalue weighted by molar-refractivity contribution is -0.384. The monoisotopic (exact) mass is 340 g/mol. The van der Waals surface area contributed by atoms with Gasteiger partial charge in [-0.15, -0.1) is 0 Å². The molecule has 0 saturated carbocycles. The molecule has 3 heterocycles. The van der Waals surface area contributed by atoms with E-state index in [-0.39, 0.29) is 10.6 Å². The zero-order valence-corrected chi connectivity index (χ0v) is 13.5. The van der Waals surface area contributed by atoms with E-state index in [2.05, 4.69) is 0 Å². The first-order valence-electron chi connectivity index (χ1n) is 8.13. The molecule has 26 heavy (non-hydrogen) atoms. The molecule has 0 bridgehead atoms. The fourth-order valence-electron chi connectivity index (χ4n) is 3.38. The Bertz CT molecular complexity index is 1320. The highest BCUT2D eigenvalue weighted by molar-refractivity contribution is 6.09. The minimum Gasteiger partial charge on any atom is -0.298 e. The Morgan fingerprint density at radius 1 is 0.885 bits per heavy atom. The van der Waals surface area contributed by atoms with Gasteiger partial charge >= 0.3 is 0 Å². The van der Waals surface area contributed by atoms with Crippen LogP contribution in [0, 0.1) is 10.1 Å². The number of para-hydroxylation sites is 2. The molecule has 5 aromatic rings. The Morgan fingerprint density at radius 2 is 1.65 bits per heavy atom. The topological polar surface area (TPSA) is 73.3 Å². The van der Waals surface area contributed by atoms with Gasteiger partial charge in [-0.25, -0.2) is 9.97 Å². The molecule has 0 aliphatic heterocycles. The second-order valence-corrected chi connectivity index (χ2v) is 5.99. The van der Waals surface area contributed by atoms with Crippen LogP contribution in [0.15, 0.2) is 72.9 Å². The minimum atomic E-state index is -0.374. The molecule has 0 saturated heterocycles. The summed E-state index contributed by atoms with van der Waals surface area (Å²) < 4.78 is 1.93. The number of pyridine rings is 2. The van der Waals surface area contributed by atoms with Crippen molar-refractivity contribution in [2.75, 3.05) is 0 Å². The van der Waals surface area contributed by atoms with Crippen molar-refractivity contribution in [1.29, 1.82) is 0 Å². The summed E-state index contributed by atoms with van der Waals surface area (Å²) in [5.74, 6) is 0. The summed E-state index contributed by atoms with van der Waals surface area (Å²) in [6, 6.07) is 20.1. The van der Waals surface area contributed by atoms with Gasteiger partial charge in [0.2, 0.25) is 0 Å². The Labute approximate surface area is 147 Å². The van der Waals surface area contributed by atoms with E-state index in [0.29, 0.717) is 11.3 Å². The lowest BCUT2D eigenvalue weighted by atomic mass is 10.1. The first kappa shape index (κ1) is 14.5. The van der Waals surface area contributed by atoms with Crippen molar-refractivity contribution in [2.45, 2.75) is 0 Å². The number of nitro benzene ring substituents is 1. The second kappa shape index (κ2) is 5.35. The number of fused-ring (bicyclic) bond motifs is 5. The van der Waals surface area contributed by atoms with Crippen LogP contribution in [-0.2, 0) is 0 Å². The van der Waals surface area contributed by atoms with Crippen LogP contribution in [0.3, 0.4) is 0 Å². The third-order valence-corrected chi connectivity index (χ3v) is 4.50. The Morgan fingerprint density at radius 3 is 2.54 bits per heavy atom. The maximum atomic E-state index is 11.6. The lowest BCUT2D eigenvalue weighted by Gasteiger charge is -2.07. The molecule has 0 aliphatic rings. The smallest absolute Gasteiger partial charge is 0.278 e. The predicted octanol–water partition coefficient (Wildman–Crippen LogP) is 4.61. The van der Waals surface area contributed by atoms with E-state index in [1.165, 1.54) is 6.07 Å². The molecule has 0 N–H and O–H groups in total. The van der Waals surface area contributed by atoms with Crippen LogP contribution in [0.5, 0.6) is 0 Å². The summed E-state index contributed by atoms with van der Waals surface area (Å²) in [4.78, 5) is 20.7. The van der Waals surface area contributed by atoms with E-state index in [1.54, 1.807) is 18.2 Å². The Kier molecular flexibility index (Phi) is 2.99. The molecule has 6 nitrogen and oxygen atoms in total. The van der Waals surface area contributed by atoms with E-state index in [1.807, 2.05) is 53.1 Å². The third-order valence-electron chi connectivity index (χ3n) is 4.50. The summed E-state index contributed by atoms with van der Waals surface area (Å²) in [5.41, 5.74) is 4.17. The number of hydrogen-bond donors (Lipinski definition) is 0. The van der Waals surface area contributed by atoms with Crippen LogP contribution in [-0.4, -0.2) is 19.3 Å². The summed E-state index contributed by atoms with van der Waals surface area (Å²) in [6.07, 6.45) is 1.90. The number of benzene rings is 2. The summed E-state index contributed by atoms with van der Waals surface area (Å²) in [7, 11) is 0. The number of imidazole rings is 1. The molecule has 2 aromatic carbocycles. The molecule has 0 atom stereocenters. The SMILES string of the molecule is O=[N+]([O-])c1ccccc1-c1nc2ccccc2c2nc3ccccn3c12. The number of nitrogens with zero attached hydrogens (tertiary/aromatic N) is 4. The van der Waals surface area contributed by atoms with Crippen LogP contribution in [0.1, 0.15) is 0 Å². The van der Waals surface area contributed by atoms with Crippen molar-refractivity contribution in [3.8, 4) is 11.3 Å². The van der Waals surface area contributed by atoms with Gasteiger partial charge in [0.1, 0.15) is 22.4 Å². The van der Waals surface area contributed by atoms with Crippen LogP contribution >= 0.6 is 0 Å². The standard InChI is InChI=1S/C20H12N4O2/c25-24(26)16-10-4-2-8-14(16)19-20-18(13-7-1-3-9-15(13)21-19)22-17-11-5-6-12-23(17)20/h1-12H. The number of nitro groups is 1. The molecule has 0 radical (unpaired) electrons. The first-order chi connectivity index (χ1) is 12.7. The second-order valence-electron chi connectivity index (χ2n) is 5.99. The molecule has 0 spiro atoms. The summed E-state index contributed by atoms with van der Waals surface area (Å²) in [5, 5.41) is 12.5. The molecular weight excluding hydrogens is 328 g/mol. The summed E-state index contributed by atoms with van der Waals surface area (Å²) >= 11 is 0. The van der Waals surface area contributed by atoms with E-state index >= 15 is 0 Å². The van der Waals surface area contributed by atoms with Crippen LogP contribution in [0.25, 0.3) is 38.8 Å². The van der Waals surface area contributed by atoms with Gasteiger partial charge in [-0.2, -0.15) is 0 Å². The number of hydrogen-bond acceptors (Lipinski definition) is 4. The predicted molar refractivity (Wildman–Crippen MR) is 100 cm³/mol. The summed E-state index contributed by atoms with van der Waals surface area (Å²) in [6.45, 7) is 0.